The fraction of sp³-hybridized carbons (Fsp3) is 0.625. The lowest BCUT2D eigenvalue weighted by Gasteiger charge is -2.27. The van der Waals surface area contributed by atoms with Crippen LogP contribution in [0.15, 0.2) is 18.2 Å². The summed E-state index contributed by atoms with van der Waals surface area (Å²) < 4.78 is 5.55. The molecule has 0 saturated carbocycles. The first-order valence-electron chi connectivity index (χ1n) is 7.45. The van der Waals surface area contributed by atoms with Crippen LogP contribution in [0.4, 0.5) is 0 Å². The molecule has 0 spiro atoms. The summed E-state index contributed by atoms with van der Waals surface area (Å²) in [6.07, 6.45) is 7.32. The lowest BCUT2D eigenvalue weighted by Crippen LogP contribution is -2.34. The van der Waals surface area contributed by atoms with Gasteiger partial charge in [-0.05, 0) is 48.6 Å². The zero-order valence-corrected chi connectivity index (χ0v) is 12.3. The van der Waals surface area contributed by atoms with Crippen LogP contribution in [-0.2, 0) is 12.8 Å². The fourth-order valence-electron chi connectivity index (χ4n) is 3.02. The first-order valence-corrected chi connectivity index (χ1v) is 8.49. The van der Waals surface area contributed by atoms with Crippen molar-refractivity contribution in [3.8, 4) is 5.75 Å². The Labute approximate surface area is 120 Å². The van der Waals surface area contributed by atoms with Crippen LogP contribution in [-0.4, -0.2) is 23.7 Å². The van der Waals surface area contributed by atoms with Crippen molar-refractivity contribution in [2.24, 2.45) is 5.73 Å². The van der Waals surface area contributed by atoms with E-state index >= 15 is 0 Å². The van der Waals surface area contributed by atoms with Gasteiger partial charge in [0.1, 0.15) is 5.75 Å². The predicted octanol–water partition coefficient (Wildman–Crippen LogP) is 3.17. The van der Waals surface area contributed by atoms with Gasteiger partial charge in [-0.1, -0.05) is 18.6 Å². The van der Waals surface area contributed by atoms with Crippen LogP contribution in [0, 0.1) is 0 Å². The molecule has 0 amide bonds. The van der Waals surface area contributed by atoms with Crippen molar-refractivity contribution in [3.05, 3.63) is 29.3 Å². The third-order valence-electron chi connectivity index (χ3n) is 4.21. The summed E-state index contributed by atoms with van der Waals surface area (Å²) in [5.74, 6) is 2.38. The van der Waals surface area contributed by atoms with E-state index in [1.807, 2.05) is 0 Å². The quantitative estimate of drug-likeness (QED) is 0.918. The predicted molar refractivity (Wildman–Crippen MR) is 82.0 cm³/mol. The van der Waals surface area contributed by atoms with Gasteiger partial charge in [-0.25, -0.2) is 0 Å². The number of thioether (sulfide) groups is 1. The Balaban J connectivity index is 1.53. The third-order valence-corrected chi connectivity index (χ3v) is 5.75. The second kappa shape index (κ2) is 6.19. The molecule has 2 aliphatic heterocycles. The average molecular weight is 277 g/mol. The highest BCUT2D eigenvalue weighted by Gasteiger charge is 2.21. The summed E-state index contributed by atoms with van der Waals surface area (Å²) >= 11 is 2.08. The molecule has 0 bridgehead atoms. The number of fused-ring (bicyclic) bond motifs is 1. The normalized spacial score (nSPS) is 23.7. The van der Waals surface area contributed by atoms with Gasteiger partial charge in [-0.3, -0.25) is 0 Å². The van der Waals surface area contributed by atoms with E-state index in [1.165, 1.54) is 36.1 Å². The second-order valence-electron chi connectivity index (χ2n) is 5.65. The minimum absolute atomic E-state index is 0.356. The van der Waals surface area contributed by atoms with Crippen molar-refractivity contribution in [2.75, 3.05) is 12.4 Å². The van der Waals surface area contributed by atoms with Crippen LogP contribution in [0.1, 0.15) is 36.8 Å². The fourth-order valence-corrected chi connectivity index (χ4v) is 4.41. The van der Waals surface area contributed by atoms with Gasteiger partial charge in [0.25, 0.3) is 0 Å². The maximum atomic E-state index is 6.36. The van der Waals surface area contributed by atoms with Crippen LogP contribution in [0.2, 0.25) is 0 Å². The molecule has 2 nitrogen and oxygen atoms in total. The highest BCUT2D eigenvalue weighted by Crippen LogP contribution is 2.29. The molecule has 2 N–H and O–H groups in total. The second-order valence-corrected chi connectivity index (χ2v) is 7.00. The van der Waals surface area contributed by atoms with E-state index in [-0.39, 0.29) is 0 Å². The number of aryl methyl sites for hydroxylation is 1. The van der Waals surface area contributed by atoms with E-state index in [2.05, 4.69) is 30.0 Å². The number of benzene rings is 1. The maximum Gasteiger partial charge on any atom is 0.122 e. The summed E-state index contributed by atoms with van der Waals surface area (Å²) in [7, 11) is 0. The molecule has 3 heteroatoms. The lowest BCUT2D eigenvalue weighted by atomic mass is 9.99. The molecule has 1 fully saturated rings. The summed E-state index contributed by atoms with van der Waals surface area (Å²) in [5, 5.41) is 0.687. The molecule has 0 radical (unpaired) electrons. The molecule has 0 aliphatic carbocycles. The number of hydrogen-bond acceptors (Lipinski definition) is 3. The molecule has 1 aromatic carbocycles. The van der Waals surface area contributed by atoms with Crippen molar-refractivity contribution in [1.29, 1.82) is 0 Å². The molecular formula is C16H23NOS. The summed E-state index contributed by atoms with van der Waals surface area (Å²) in [4.78, 5) is 0. The van der Waals surface area contributed by atoms with Crippen molar-refractivity contribution in [2.45, 2.75) is 49.8 Å². The Hall–Kier alpha value is -0.670. The molecule has 2 aliphatic rings. The van der Waals surface area contributed by atoms with Crippen molar-refractivity contribution < 1.29 is 4.74 Å². The minimum atomic E-state index is 0.356. The first-order chi connectivity index (χ1) is 9.33. The highest BCUT2D eigenvalue weighted by molar-refractivity contribution is 8.00. The SMILES string of the molecule is NC(CCc1ccc2c(c1)CCO2)C1CCCCS1. The molecule has 1 aromatic rings. The largest absolute Gasteiger partial charge is 0.493 e. The van der Waals surface area contributed by atoms with Gasteiger partial charge in [-0.15, -0.1) is 0 Å². The standard InChI is InChI=1S/C16H23NOS/c17-14(16-3-1-2-10-19-16)6-4-12-5-7-15-13(11-12)8-9-18-15/h5,7,11,14,16H,1-4,6,8-10,17H2. The third kappa shape index (κ3) is 3.26. The molecule has 104 valence electrons. The summed E-state index contributed by atoms with van der Waals surface area (Å²) in [5.41, 5.74) is 9.15. The van der Waals surface area contributed by atoms with Crippen LogP contribution in [0.25, 0.3) is 0 Å². The zero-order chi connectivity index (χ0) is 13.1. The van der Waals surface area contributed by atoms with Crippen LogP contribution in [0.3, 0.4) is 0 Å². The van der Waals surface area contributed by atoms with E-state index in [0.29, 0.717) is 11.3 Å². The van der Waals surface area contributed by atoms with Crippen molar-refractivity contribution >= 4 is 11.8 Å². The average Bonchev–Trinajstić information content (AvgIpc) is 2.93. The Morgan fingerprint density at radius 2 is 2.32 bits per heavy atom. The number of rotatable bonds is 4. The van der Waals surface area contributed by atoms with Crippen LogP contribution >= 0.6 is 11.8 Å². The number of hydrogen-bond donors (Lipinski definition) is 1. The Bertz CT molecular complexity index is 429. The molecule has 1 saturated heterocycles. The maximum absolute atomic E-state index is 6.36. The van der Waals surface area contributed by atoms with Gasteiger partial charge < -0.3 is 10.5 Å². The lowest BCUT2D eigenvalue weighted by molar-refractivity contribution is 0.357. The van der Waals surface area contributed by atoms with Gasteiger partial charge in [0.15, 0.2) is 0 Å². The molecule has 0 aromatic heterocycles. The Morgan fingerprint density at radius 1 is 1.37 bits per heavy atom. The zero-order valence-electron chi connectivity index (χ0n) is 11.4. The molecule has 2 heterocycles. The van der Waals surface area contributed by atoms with Gasteiger partial charge in [0.05, 0.1) is 6.61 Å². The topological polar surface area (TPSA) is 35.2 Å². The van der Waals surface area contributed by atoms with Crippen molar-refractivity contribution in [1.82, 2.24) is 0 Å². The number of ether oxygens (including phenoxy) is 1. The van der Waals surface area contributed by atoms with E-state index in [4.69, 9.17) is 10.5 Å². The van der Waals surface area contributed by atoms with Gasteiger partial charge in [0, 0.05) is 17.7 Å². The highest BCUT2D eigenvalue weighted by atomic mass is 32.2. The van der Waals surface area contributed by atoms with Gasteiger partial charge in [0.2, 0.25) is 0 Å². The van der Waals surface area contributed by atoms with Crippen molar-refractivity contribution in [3.63, 3.8) is 0 Å². The monoisotopic (exact) mass is 277 g/mol. The molecule has 3 rings (SSSR count). The van der Waals surface area contributed by atoms with E-state index in [1.54, 1.807) is 0 Å². The van der Waals surface area contributed by atoms with E-state index in [0.717, 1.165) is 31.6 Å². The van der Waals surface area contributed by atoms with Crippen LogP contribution in [0.5, 0.6) is 5.75 Å². The van der Waals surface area contributed by atoms with Gasteiger partial charge >= 0.3 is 0 Å². The molecule has 2 unspecified atom stereocenters. The first kappa shape index (κ1) is 13.3. The molecule has 2 atom stereocenters. The van der Waals surface area contributed by atoms with E-state index < -0.39 is 0 Å². The van der Waals surface area contributed by atoms with Gasteiger partial charge in [-0.2, -0.15) is 11.8 Å². The Kier molecular flexibility index (Phi) is 4.34. The molecule has 19 heavy (non-hydrogen) atoms. The number of nitrogens with two attached hydrogens (primary N) is 1. The summed E-state index contributed by atoms with van der Waals surface area (Å²) in [6.45, 7) is 0.844. The molecular weight excluding hydrogens is 254 g/mol. The van der Waals surface area contributed by atoms with E-state index in [9.17, 15) is 0 Å². The summed E-state index contributed by atoms with van der Waals surface area (Å²) in [6, 6.07) is 6.99. The Morgan fingerprint density at radius 3 is 3.16 bits per heavy atom. The minimum Gasteiger partial charge on any atom is -0.493 e. The van der Waals surface area contributed by atoms with Crippen LogP contribution < -0.4 is 10.5 Å². The smallest absolute Gasteiger partial charge is 0.122 e.